The zero-order chi connectivity index (χ0) is 26.0. The van der Waals surface area contributed by atoms with Gasteiger partial charge in [-0.3, -0.25) is 14.9 Å². The molecule has 7 nitrogen and oxygen atoms in total. The lowest BCUT2D eigenvalue weighted by Gasteiger charge is -2.18. The van der Waals surface area contributed by atoms with Gasteiger partial charge in [-0.25, -0.2) is 4.79 Å². The van der Waals surface area contributed by atoms with Gasteiger partial charge in [-0.05, 0) is 55.8 Å². The minimum atomic E-state index is -0.470. The molecule has 0 spiro atoms. The molecule has 0 radical (unpaired) electrons. The number of hydrogen-bond donors (Lipinski definition) is 1. The van der Waals surface area contributed by atoms with Crippen molar-refractivity contribution in [3.63, 3.8) is 0 Å². The number of carbonyl (C=O) groups excluding carboxylic acids is 3. The Bertz CT molecular complexity index is 1130. The highest BCUT2D eigenvalue weighted by molar-refractivity contribution is 6.30. The van der Waals surface area contributed by atoms with Gasteiger partial charge in [-0.2, -0.15) is 0 Å². The number of ether oxygens (including phenoxy) is 3. The molecular formula is C27H28ClNO6. The maximum absolute atomic E-state index is 12.2. The van der Waals surface area contributed by atoms with Crippen molar-refractivity contribution in [2.24, 2.45) is 0 Å². The molecule has 35 heavy (non-hydrogen) atoms. The zero-order valence-electron chi connectivity index (χ0n) is 20.0. The summed E-state index contributed by atoms with van der Waals surface area (Å²) < 4.78 is 14.9. The molecule has 1 unspecified atom stereocenters. The number of carbonyl (C=O) groups is 3. The van der Waals surface area contributed by atoms with Crippen molar-refractivity contribution in [1.29, 1.82) is 0 Å². The Labute approximate surface area is 210 Å². The second-order valence-corrected chi connectivity index (χ2v) is 8.05. The number of methoxy groups -OCH3 is 2. The minimum absolute atomic E-state index is 0.0568. The first-order chi connectivity index (χ1) is 16.7. The van der Waals surface area contributed by atoms with Crippen LogP contribution in [0.3, 0.4) is 0 Å². The SMILES string of the molecule is C=CC(C1=CC(=O)C(OC)=CC1=O)c1ccc(OC)cc1.CC(C)OC(=O)Nc1cccc(Cl)c1. The van der Waals surface area contributed by atoms with Gasteiger partial charge in [0.25, 0.3) is 0 Å². The van der Waals surface area contributed by atoms with E-state index < -0.39 is 6.09 Å². The van der Waals surface area contributed by atoms with Crippen molar-refractivity contribution < 1.29 is 28.6 Å². The van der Waals surface area contributed by atoms with Crippen molar-refractivity contribution in [3.05, 3.63) is 95.3 Å². The van der Waals surface area contributed by atoms with Gasteiger partial charge in [-0.1, -0.05) is 35.9 Å². The topological polar surface area (TPSA) is 90.9 Å². The maximum Gasteiger partial charge on any atom is 0.411 e. The molecule has 1 N–H and O–H groups in total. The second-order valence-electron chi connectivity index (χ2n) is 7.62. The fourth-order valence-corrected chi connectivity index (χ4v) is 3.33. The summed E-state index contributed by atoms with van der Waals surface area (Å²) in [6.45, 7) is 7.34. The molecule has 0 bridgehead atoms. The van der Waals surface area contributed by atoms with Gasteiger partial charge >= 0.3 is 6.09 Å². The third-order valence-electron chi connectivity index (χ3n) is 4.76. The Morgan fingerprint density at radius 2 is 1.69 bits per heavy atom. The van der Waals surface area contributed by atoms with Crippen LogP contribution in [0, 0.1) is 0 Å². The molecule has 0 fully saturated rings. The van der Waals surface area contributed by atoms with Crippen molar-refractivity contribution in [2.45, 2.75) is 25.9 Å². The van der Waals surface area contributed by atoms with Crippen LogP contribution in [0.2, 0.25) is 5.02 Å². The molecule has 0 heterocycles. The first-order valence-corrected chi connectivity index (χ1v) is 11.1. The van der Waals surface area contributed by atoms with Crippen LogP contribution in [-0.2, 0) is 19.1 Å². The van der Waals surface area contributed by atoms with Crippen LogP contribution in [0.5, 0.6) is 5.75 Å². The van der Waals surface area contributed by atoms with Gasteiger partial charge in [-0.15, -0.1) is 6.58 Å². The molecule has 1 aliphatic rings. The molecule has 0 aromatic heterocycles. The standard InChI is InChI=1S/C17H16O4.C10H12ClNO2/c1-4-13(11-5-7-12(20-2)8-6-11)14-9-16(19)17(21-3)10-15(14)18;1-7(2)14-10(13)12-9-5-3-4-8(11)6-9/h4-10,13H,1H2,2-3H3;3-7H,1-2H3,(H,12,13). The van der Waals surface area contributed by atoms with Gasteiger partial charge in [0.15, 0.2) is 11.5 Å². The molecule has 1 atom stereocenters. The van der Waals surface area contributed by atoms with E-state index in [4.69, 9.17) is 25.8 Å². The molecule has 2 aromatic carbocycles. The predicted molar refractivity (Wildman–Crippen MR) is 136 cm³/mol. The molecular weight excluding hydrogens is 470 g/mol. The van der Waals surface area contributed by atoms with Crippen LogP contribution in [-0.4, -0.2) is 38.0 Å². The molecule has 0 saturated carbocycles. The van der Waals surface area contributed by atoms with Crippen molar-refractivity contribution in [2.75, 3.05) is 19.5 Å². The van der Waals surface area contributed by atoms with Crippen LogP contribution in [0.1, 0.15) is 25.3 Å². The number of ketones is 2. The summed E-state index contributed by atoms with van der Waals surface area (Å²) in [7, 11) is 2.95. The van der Waals surface area contributed by atoms with E-state index in [9.17, 15) is 14.4 Å². The smallest absolute Gasteiger partial charge is 0.411 e. The lowest BCUT2D eigenvalue weighted by atomic mass is 9.85. The average Bonchev–Trinajstić information content (AvgIpc) is 2.81. The molecule has 1 aliphatic carbocycles. The highest BCUT2D eigenvalue weighted by Gasteiger charge is 2.26. The molecule has 8 heteroatoms. The molecule has 1 amide bonds. The van der Waals surface area contributed by atoms with Crippen LogP contribution in [0.4, 0.5) is 10.5 Å². The van der Waals surface area contributed by atoms with Crippen molar-refractivity contribution in [3.8, 4) is 5.75 Å². The average molecular weight is 498 g/mol. The number of allylic oxidation sites excluding steroid dienone is 4. The first kappa shape index (κ1) is 27.4. The van der Waals surface area contributed by atoms with Crippen molar-refractivity contribution in [1.82, 2.24) is 0 Å². The normalized spacial score (nSPS) is 13.5. The van der Waals surface area contributed by atoms with Crippen molar-refractivity contribution >= 4 is 34.9 Å². The maximum atomic E-state index is 12.2. The van der Waals surface area contributed by atoms with E-state index in [1.54, 1.807) is 63.4 Å². The van der Waals surface area contributed by atoms with E-state index in [1.807, 2.05) is 12.1 Å². The quantitative estimate of drug-likeness (QED) is 0.380. The lowest BCUT2D eigenvalue weighted by molar-refractivity contribution is -0.117. The van der Waals surface area contributed by atoms with Crippen LogP contribution >= 0.6 is 11.6 Å². The Balaban J connectivity index is 0.000000269. The summed E-state index contributed by atoms with van der Waals surface area (Å²) in [5.41, 5.74) is 1.89. The van der Waals surface area contributed by atoms with E-state index >= 15 is 0 Å². The minimum Gasteiger partial charge on any atom is -0.497 e. The molecule has 2 aromatic rings. The van der Waals surface area contributed by atoms with E-state index in [0.29, 0.717) is 16.3 Å². The Morgan fingerprint density at radius 3 is 2.23 bits per heavy atom. The van der Waals surface area contributed by atoms with E-state index in [-0.39, 0.29) is 29.3 Å². The number of nitrogens with one attached hydrogen (secondary N) is 1. The number of benzene rings is 2. The summed E-state index contributed by atoms with van der Waals surface area (Å²) in [5.74, 6) is -0.119. The van der Waals surface area contributed by atoms with Crippen LogP contribution < -0.4 is 10.1 Å². The van der Waals surface area contributed by atoms with Gasteiger partial charge in [0.05, 0.1) is 20.3 Å². The summed E-state index contributed by atoms with van der Waals surface area (Å²) in [5, 5.41) is 3.14. The number of amides is 1. The first-order valence-electron chi connectivity index (χ1n) is 10.7. The van der Waals surface area contributed by atoms with Crippen LogP contribution in [0.25, 0.3) is 0 Å². The van der Waals surface area contributed by atoms with E-state index in [0.717, 1.165) is 11.3 Å². The molecule has 3 rings (SSSR count). The Hall–Kier alpha value is -3.84. The highest BCUT2D eigenvalue weighted by atomic mass is 35.5. The third-order valence-corrected chi connectivity index (χ3v) is 4.99. The molecule has 0 saturated heterocycles. The fraction of sp³-hybridized carbons (Fsp3) is 0.222. The number of anilines is 1. The number of hydrogen-bond acceptors (Lipinski definition) is 6. The third kappa shape index (κ3) is 8.15. The lowest BCUT2D eigenvalue weighted by Crippen LogP contribution is -2.18. The summed E-state index contributed by atoms with van der Waals surface area (Å²) in [6.07, 6.45) is 3.58. The Kier molecular flexibility index (Phi) is 10.3. The fourth-order valence-electron chi connectivity index (χ4n) is 3.14. The summed E-state index contributed by atoms with van der Waals surface area (Å²) in [4.78, 5) is 35.2. The van der Waals surface area contributed by atoms with Gasteiger partial charge in [0, 0.05) is 28.3 Å². The molecule has 184 valence electrons. The van der Waals surface area contributed by atoms with Gasteiger partial charge in [0.1, 0.15) is 5.75 Å². The second kappa shape index (κ2) is 13.2. The highest BCUT2D eigenvalue weighted by Crippen LogP contribution is 2.30. The largest absolute Gasteiger partial charge is 0.497 e. The van der Waals surface area contributed by atoms with Gasteiger partial charge in [0.2, 0.25) is 5.78 Å². The zero-order valence-corrected chi connectivity index (χ0v) is 20.8. The molecule has 0 aliphatic heterocycles. The van der Waals surface area contributed by atoms with Gasteiger partial charge < -0.3 is 14.2 Å². The van der Waals surface area contributed by atoms with E-state index in [2.05, 4.69) is 11.9 Å². The van der Waals surface area contributed by atoms with Crippen LogP contribution in [0.15, 0.2) is 84.7 Å². The summed E-state index contributed by atoms with van der Waals surface area (Å²) >= 11 is 5.74. The predicted octanol–water partition coefficient (Wildman–Crippen LogP) is 5.87. The number of halogens is 1. The summed E-state index contributed by atoms with van der Waals surface area (Å²) in [6, 6.07) is 14.2. The number of rotatable bonds is 7. The van der Waals surface area contributed by atoms with E-state index in [1.165, 1.54) is 19.3 Å². The monoisotopic (exact) mass is 497 g/mol. The Morgan fingerprint density at radius 1 is 1.00 bits per heavy atom.